The van der Waals surface area contributed by atoms with Gasteiger partial charge >= 0.3 is 17.7 Å². The molecule has 1 atom stereocenters. The quantitative estimate of drug-likeness (QED) is 0.357. The second-order valence-corrected chi connectivity index (χ2v) is 9.29. The van der Waals surface area contributed by atoms with Crippen LogP contribution in [0.25, 0.3) is 11.0 Å². The van der Waals surface area contributed by atoms with E-state index in [1.54, 1.807) is 51.6 Å². The minimum absolute atomic E-state index is 0.287. The summed E-state index contributed by atoms with van der Waals surface area (Å²) in [7, 11) is 0. The molecule has 1 N–H and O–H groups in total. The monoisotopic (exact) mass is 449 g/mol. The summed E-state index contributed by atoms with van der Waals surface area (Å²) < 4.78 is 16.3. The van der Waals surface area contributed by atoms with Crippen LogP contribution in [0.5, 0.6) is 5.75 Å². The van der Waals surface area contributed by atoms with Crippen molar-refractivity contribution in [1.29, 1.82) is 0 Å². The predicted octanol–water partition coefficient (Wildman–Crippen LogP) is 4.61. The Morgan fingerprint density at radius 1 is 1.26 bits per heavy atom. The summed E-state index contributed by atoms with van der Waals surface area (Å²) >= 11 is 1.56. The smallest absolute Gasteiger partial charge is 0.408 e. The fraction of sp³-hybridized carbons (Fsp3) is 0.522. The van der Waals surface area contributed by atoms with Gasteiger partial charge in [0.25, 0.3) is 0 Å². The Labute approximate surface area is 186 Å². The van der Waals surface area contributed by atoms with Crippen molar-refractivity contribution in [2.24, 2.45) is 0 Å². The third-order valence-electron chi connectivity index (χ3n) is 4.51. The van der Waals surface area contributed by atoms with Gasteiger partial charge in [-0.2, -0.15) is 11.8 Å². The zero-order chi connectivity index (χ0) is 23.2. The molecule has 0 radical (unpaired) electrons. The van der Waals surface area contributed by atoms with Crippen LogP contribution in [0.1, 0.15) is 51.7 Å². The van der Waals surface area contributed by atoms with E-state index in [9.17, 15) is 14.4 Å². The van der Waals surface area contributed by atoms with Gasteiger partial charge in [-0.1, -0.05) is 13.3 Å². The van der Waals surface area contributed by atoms with E-state index in [2.05, 4.69) is 5.32 Å². The van der Waals surface area contributed by atoms with Gasteiger partial charge in [-0.15, -0.1) is 0 Å². The number of hydrogen-bond donors (Lipinski definition) is 1. The Bertz CT molecular complexity index is 992. The van der Waals surface area contributed by atoms with Crippen LogP contribution >= 0.6 is 11.8 Å². The van der Waals surface area contributed by atoms with Gasteiger partial charge in [0, 0.05) is 17.0 Å². The highest BCUT2D eigenvalue weighted by atomic mass is 32.2. The lowest BCUT2D eigenvalue weighted by molar-refractivity contribution is -0.136. The maximum Gasteiger partial charge on any atom is 0.408 e. The SMILES string of the molecule is CCCc1cc(=O)oc2c(C)c(OC(=O)C(CCSC)NC(=O)OC(C)(C)C)ccc12. The number of rotatable bonds is 8. The van der Waals surface area contributed by atoms with E-state index in [1.807, 2.05) is 13.2 Å². The second-order valence-electron chi connectivity index (χ2n) is 8.31. The molecule has 0 aliphatic carbocycles. The summed E-state index contributed by atoms with van der Waals surface area (Å²) in [6, 6.07) is 4.11. The topological polar surface area (TPSA) is 94.8 Å². The van der Waals surface area contributed by atoms with Crippen molar-refractivity contribution in [1.82, 2.24) is 5.32 Å². The van der Waals surface area contributed by atoms with Gasteiger partial charge in [-0.25, -0.2) is 14.4 Å². The molecule has 0 saturated heterocycles. The maximum absolute atomic E-state index is 12.9. The van der Waals surface area contributed by atoms with Crippen molar-refractivity contribution in [3.05, 3.63) is 39.7 Å². The van der Waals surface area contributed by atoms with Crippen LogP contribution in [0.4, 0.5) is 4.79 Å². The van der Waals surface area contributed by atoms with Crippen LogP contribution in [0.15, 0.2) is 27.4 Å². The third-order valence-corrected chi connectivity index (χ3v) is 5.16. The number of amides is 1. The lowest BCUT2D eigenvalue weighted by Crippen LogP contribution is -2.45. The number of carbonyl (C=O) groups excluding carboxylic acids is 2. The van der Waals surface area contributed by atoms with Crippen LogP contribution < -0.4 is 15.7 Å². The summed E-state index contributed by atoms with van der Waals surface area (Å²) in [5, 5.41) is 3.42. The molecule has 1 amide bonds. The Balaban J connectivity index is 2.28. The van der Waals surface area contributed by atoms with E-state index in [4.69, 9.17) is 13.9 Å². The van der Waals surface area contributed by atoms with Crippen LogP contribution in [0.2, 0.25) is 0 Å². The first kappa shape index (κ1) is 24.8. The normalized spacial score (nSPS) is 12.5. The van der Waals surface area contributed by atoms with E-state index >= 15 is 0 Å². The van der Waals surface area contributed by atoms with Crippen LogP contribution in [-0.4, -0.2) is 35.7 Å². The van der Waals surface area contributed by atoms with Crippen molar-refractivity contribution >= 4 is 34.8 Å². The summed E-state index contributed by atoms with van der Waals surface area (Å²) in [4.78, 5) is 37.0. The van der Waals surface area contributed by atoms with Crippen LogP contribution in [-0.2, 0) is 16.0 Å². The number of fused-ring (bicyclic) bond motifs is 1. The first-order valence-corrected chi connectivity index (χ1v) is 11.7. The molecule has 1 aromatic heterocycles. The number of nitrogens with one attached hydrogen (secondary N) is 1. The average Bonchev–Trinajstić information content (AvgIpc) is 2.66. The number of aryl methyl sites for hydroxylation is 2. The molecule has 170 valence electrons. The highest BCUT2D eigenvalue weighted by molar-refractivity contribution is 7.98. The molecule has 0 spiro atoms. The zero-order valence-corrected chi connectivity index (χ0v) is 19.8. The highest BCUT2D eigenvalue weighted by Crippen LogP contribution is 2.29. The molecule has 31 heavy (non-hydrogen) atoms. The van der Waals surface area contributed by atoms with Crippen molar-refractivity contribution in [2.45, 2.75) is 65.5 Å². The van der Waals surface area contributed by atoms with Gasteiger partial charge in [0.05, 0.1) is 0 Å². The highest BCUT2D eigenvalue weighted by Gasteiger charge is 2.26. The molecule has 0 bridgehead atoms. The summed E-state index contributed by atoms with van der Waals surface area (Å²) in [5.41, 5.74) is 0.746. The Morgan fingerprint density at radius 3 is 2.58 bits per heavy atom. The fourth-order valence-electron chi connectivity index (χ4n) is 3.11. The minimum atomic E-state index is -0.865. The number of carbonyl (C=O) groups is 2. The Kier molecular flexibility index (Phi) is 8.56. The Hall–Kier alpha value is -2.48. The number of esters is 1. The number of alkyl carbamates (subject to hydrolysis) is 1. The van der Waals surface area contributed by atoms with Crippen molar-refractivity contribution in [2.75, 3.05) is 12.0 Å². The molecule has 2 rings (SSSR count). The van der Waals surface area contributed by atoms with E-state index in [0.29, 0.717) is 23.3 Å². The van der Waals surface area contributed by atoms with E-state index in [-0.39, 0.29) is 5.75 Å². The summed E-state index contributed by atoms with van der Waals surface area (Å²) in [5.74, 6) is 0.338. The number of thioether (sulfide) groups is 1. The largest absolute Gasteiger partial charge is 0.444 e. The van der Waals surface area contributed by atoms with Crippen LogP contribution in [0.3, 0.4) is 0 Å². The Morgan fingerprint density at radius 2 is 1.97 bits per heavy atom. The molecule has 0 aliphatic rings. The second kappa shape index (κ2) is 10.7. The molecule has 0 fully saturated rings. The molecule has 2 aromatic rings. The van der Waals surface area contributed by atoms with Gasteiger partial charge in [0.2, 0.25) is 0 Å². The fourth-order valence-corrected chi connectivity index (χ4v) is 3.58. The standard InChI is InChI=1S/C23H31NO6S/c1-7-8-15-13-19(25)29-20-14(2)18(10-9-16(15)20)28-21(26)17(11-12-31-6)24-22(27)30-23(3,4)5/h9-10,13,17H,7-8,11-12H2,1-6H3,(H,24,27). The molecule has 7 nitrogen and oxygen atoms in total. The molecule has 1 aromatic carbocycles. The molecule has 0 saturated carbocycles. The maximum atomic E-state index is 12.9. The molecule has 1 heterocycles. The lowest BCUT2D eigenvalue weighted by Gasteiger charge is -2.23. The third kappa shape index (κ3) is 7.02. The van der Waals surface area contributed by atoms with E-state index in [0.717, 1.165) is 23.8 Å². The predicted molar refractivity (Wildman–Crippen MR) is 123 cm³/mol. The molecule has 0 aliphatic heterocycles. The number of ether oxygens (including phenoxy) is 2. The first-order valence-electron chi connectivity index (χ1n) is 10.3. The van der Waals surface area contributed by atoms with E-state index in [1.165, 1.54) is 6.07 Å². The number of benzene rings is 1. The lowest BCUT2D eigenvalue weighted by atomic mass is 10.0. The van der Waals surface area contributed by atoms with Crippen molar-refractivity contribution in [3.63, 3.8) is 0 Å². The van der Waals surface area contributed by atoms with Gasteiger partial charge in [-0.05, 0) is 70.2 Å². The minimum Gasteiger partial charge on any atom is -0.444 e. The van der Waals surface area contributed by atoms with Gasteiger partial charge in [0.15, 0.2) is 0 Å². The van der Waals surface area contributed by atoms with Gasteiger partial charge in [-0.3, -0.25) is 0 Å². The molecular formula is C23H31NO6S. The molecular weight excluding hydrogens is 418 g/mol. The zero-order valence-electron chi connectivity index (χ0n) is 19.0. The van der Waals surface area contributed by atoms with Gasteiger partial charge in [0.1, 0.15) is 23.0 Å². The summed E-state index contributed by atoms with van der Waals surface area (Å²) in [6.07, 6.45) is 3.26. The summed E-state index contributed by atoms with van der Waals surface area (Å²) in [6.45, 7) is 9.03. The van der Waals surface area contributed by atoms with E-state index < -0.39 is 29.3 Å². The average molecular weight is 450 g/mol. The molecule has 1 unspecified atom stereocenters. The van der Waals surface area contributed by atoms with Gasteiger partial charge < -0.3 is 19.2 Å². The van der Waals surface area contributed by atoms with Crippen LogP contribution in [0, 0.1) is 6.92 Å². The van der Waals surface area contributed by atoms with Crippen molar-refractivity contribution in [3.8, 4) is 5.75 Å². The first-order chi connectivity index (χ1) is 14.6. The molecule has 8 heteroatoms. The van der Waals surface area contributed by atoms with Crippen molar-refractivity contribution < 1.29 is 23.5 Å². The number of hydrogen-bond acceptors (Lipinski definition) is 7.